The van der Waals surface area contributed by atoms with Gasteiger partial charge in [0.25, 0.3) is 5.56 Å². The number of halogens is 1. The molecule has 0 bridgehead atoms. The standard InChI is InChI=1S/C11H12FN5O2/c1-6-3-8(13-2)15-9(14-6)5-17-4-7(12)10(18)16-11(17)19/h3-4H,5H2,1-2H3,(H,13,14,15)(H,16,18,19). The highest BCUT2D eigenvalue weighted by Gasteiger charge is 2.07. The smallest absolute Gasteiger partial charge is 0.328 e. The number of aryl methyl sites for hydroxylation is 1. The van der Waals surface area contributed by atoms with Crippen LogP contribution in [-0.4, -0.2) is 26.6 Å². The lowest BCUT2D eigenvalue weighted by molar-refractivity contribution is 0.561. The average molecular weight is 265 g/mol. The zero-order valence-electron chi connectivity index (χ0n) is 10.4. The fourth-order valence-electron chi connectivity index (χ4n) is 1.58. The molecule has 0 aromatic carbocycles. The number of hydrogen-bond donors (Lipinski definition) is 2. The van der Waals surface area contributed by atoms with Crippen LogP contribution in [0.25, 0.3) is 0 Å². The Morgan fingerprint density at radius 1 is 1.42 bits per heavy atom. The molecule has 0 saturated carbocycles. The highest BCUT2D eigenvalue weighted by atomic mass is 19.1. The van der Waals surface area contributed by atoms with Gasteiger partial charge in [-0.15, -0.1) is 0 Å². The molecule has 0 fully saturated rings. The average Bonchev–Trinajstić information content (AvgIpc) is 2.35. The molecule has 0 atom stereocenters. The Labute approximate surface area is 107 Å². The molecular weight excluding hydrogens is 253 g/mol. The second-order valence-corrected chi connectivity index (χ2v) is 3.93. The van der Waals surface area contributed by atoms with Crippen LogP contribution < -0.4 is 16.6 Å². The van der Waals surface area contributed by atoms with Crippen LogP contribution in [0.15, 0.2) is 21.9 Å². The maximum absolute atomic E-state index is 13.1. The third-order valence-corrected chi connectivity index (χ3v) is 2.44. The molecule has 0 saturated heterocycles. The van der Waals surface area contributed by atoms with Crippen LogP contribution in [0.1, 0.15) is 11.5 Å². The summed E-state index contributed by atoms with van der Waals surface area (Å²) in [6.45, 7) is 1.76. The van der Waals surface area contributed by atoms with Crippen molar-refractivity contribution in [1.82, 2.24) is 19.5 Å². The zero-order valence-corrected chi connectivity index (χ0v) is 10.4. The predicted molar refractivity (Wildman–Crippen MR) is 66.7 cm³/mol. The van der Waals surface area contributed by atoms with Gasteiger partial charge in [0, 0.05) is 18.8 Å². The Morgan fingerprint density at radius 3 is 2.84 bits per heavy atom. The van der Waals surface area contributed by atoms with Crippen molar-refractivity contribution >= 4 is 5.82 Å². The molecule has 0 aliphatic rings. The monoisotopic (exact) mass is 265 g/mol. The van der Waals surface area contributed by atoms with Crippen molar-refractivity contribution in [3.8, 4) is 0 Å². The molecule has 0 radical (unpaired) electrons. The minimum Gasteiger partial charge on any atom is -0.373 e. The second kappa shape index (κ2) is 5.01. The lowest BCUT2D eigenvalue weighted by atomic mass is 10.4. The molecule has 2 rings (SSSR count). The van der Waals surface area contributed by atoms with Crippen molar-refractivity contribution in [3.63, 3.8) is 0 Å². The van der Waals surface area contributed by atoms with Crippen LogP contribution in [0.3, 0.4) is 0 Å². The van der Waals surface area contributed by atoms with Crippen LogP contribution in [-0.2, 0) is 6.54 Å². The van der Waals surface area contributed by atoms with E-state index >= 15 is 0 Å². The highest BCUT2D eigenvalue weighted by Crippen LogP contribution is 2.05. The lowest BCUT2D eigenvalue weighted by Gasteiger charge is -2.07. The van der Waals surface area contributed by atoms with Crippen LogP contribution in [0.5, 0.6) is 0 Å². The van der Waals surface area contributed by atoms with Crippen molar-refractivity contribution < 1.29 is 4.39 Å². The number of aromatic nitrogens is 4. The van der Waals surface area contributed by atoms with Gasteiger partial charge in [-0.2, -0.15) is 4.39 Å². The number of rotatable bonds is 3. The van der Waals surface area contributed by atoms with E-state index in [0.29, 0.717) is 17.3 Å². The minimum absolute atomic E-state index is 0.0249. The molecule has 2 aromatic heterocycles. The van der Waals surface area contributed by atoms with Gasteiger partial charge in [0.15, 0.2) is 5.82 Å². The number of nitrogens with one attached hydrogen (secondary N) is 2. The number of aromatic amines is 1. The summed E-state index contributed by atoms with van der Waals surface area (Å²) in [4.78, 5) is 32.6. The van der Waals surface area contributed by atoms with E-state index in [1.54, 1.807) is 20.0 Å². The SMILES string of the molecule is CNc1cc(C)nc(Cn2cc(F)c(=O)[nH]c2=O)n1. The maximum atomic E-state index is 13.1. The molecule has 2 aromatic rings. The normalized spacial score (nSPS) is 10.5. The zero-order chi connectivity index (χ0) is 14.0. The van der Waals surface area contributed by atoms with Gasteiger partial charge in [0.1, 0.15) is 5.82 Å². The first-order valence-corrected chi connectivity index (χ1v) is 5.51. The van der Waals surface area contributed by atoms with E-state index in [1.807, 2.05) is 4.98 Å². The second-order valence-electron chi connectivity index (χ2n) is 3.93. The van der Waals surface area contributed by atoms with Gasteiger partial charge in [-0.3, -0.25) is 14.3 Å². The maximum Gasteiger partial charge on any atom is 0.328 e. The minimum atomic E-state index is -1.04. The molecule has 2 N–H and O–H groups in total. The van der Waals surface area contributed by atoms with Crippen molar-refractivity contribution in [1.29, 1.82) is 0 Å². The Morgan fingerprint density at radius 2 is 2.16 bits per heavy atom. The van der Waals surface area contributed by atoms with Crippen molar-refractivity contribution in [2.45, 2.75) is 13.5 Å². The van der Waals surface area contributed by atoms with Crippen LogP contribution in [0, 0.1) is 12.7 Å². The molecule has 0 aliphatic carbocycles. The molecule has 100 valence electrons. The highest BCUT2D eigenvalue weighted by molar-refractivity contribution is 5.34. The molecular formula is C11H12FN5O2. The summed E-state index contributed by atoms with van der Waals surface area (Å²) >= 11 is 0. The summed E-state index contributed by atoms with van der Waals surface area (Å²) in [6.07, 6.45) is 0.839. The van der Waals surface area contributed by atoms with Crippen molar-refractivity contribution in [2.24, 2.45) is 0 Å². The first-order valence-electron chi connectivity index (χ1n) is 5.51. The van der Waals surface area contributed by atoms with Gasteiger partial charge in [-0.25, -0.2) is 14.8 Å². The van der Waals surface area contributed by atoms with Gasteiger partial charge < -0.3 is 5.32 Å². The van der Waals surface area contributed by atoms with Gasteiger partial charge in [-0.1, -0.05) is 0 Å². The van der Waals surface area contributed by atoms with Crippen LogP contribution in [0.4, 0.5) is 10.2 Å². The number of nitrogens with zero attached hydrogens (tertiary/aromatic N) is 3. The molecule has 0 amide bonds. The fraction of sp³-hybridized carbons (Fsp3) is 0.273. The van der Waals surface area contributed by atoms with Gasteiger partial charge in [0.05, 0.1) is 12.7 Å². The Bertz CT molecular complexity index is 722. The quantitative estimate of drug-likeness (QED) is 0.806. The van der Waals surface area contributed by atoms with Gasteiger partial charge >= 0.3 is 5.69 Å². The Kier molecular flexibility index (Phi) is 3.41. The van der Waals surface area contributed by atoms with E-state index in [-0.39, 0.29) is 6.54 Å². The molecule has 19 heavy (non-hydrogen) atoms. The summed E-state index contributed by atoms with van der Waals surface area (Å²) in [5, 5.41) is 2.86. The lowest BCUT2D eigenvalue weighted by Crippen LogP contribution is -2.32. The first-order chi connectivity index (χ1) is 8.99. The molecule has 8 heteroatoms. The van der Waals surface area contributed by atoms with Crippen LogP contribution in [0.2, 0.25) is 0 Å². The molecule has 2 heterocycles. The summed E-state index contributed by atoms with van der Waals surface area (Å²) < 4.78 is 14.1. The van der Waals surface area contributed by atoms with Crippen molar-refractivity contribution in [2.75, 3.05) is 12.4 Å². The van der Waals surface area contributed by atoms with E-state index < -0.39 is 17.1 Å². The Hall–Kier alpha value is -2.51. The summed E-state index contributed by atoms with van der Waals surface area (Å²) in [7, 11) is 1.71. The number of anilines is 1. The fourth-order valence-corrected chi connectivity index (χ4v) is 1.58. The first kappa shape index (κ1) is 12.9. The van der Waals surface area contributed by atoms with E-state index in [2.05, 4.69) is 15.3 Å². The topological polar surface area (TPSA) is 92.7 Å². The largest absolute Gasteiger partial charge is 0.373 e. The Balaban J connectivity index is 2.41. The predicted octanol–water partition coefficient (Wildman–Crippen LogP) is -0.136. The van der Waals surface area contributed by atoms with E-state index in [4.69, 9.17) is 0 Å². The summed E-state index contributed by atoms with van der Waals surface area (Å²) in [5.74, 6) is -0.0839. The third kappa shape index (κ3) is 2.84. The number of H-pyrrole nitrogens is 1. The molecule has 0 aliphatic heterocycles. The third-order valence-electron chi connectivity index (χ3n) is 2.44. The summed E-state index contributed by atoms with van der Waals surface area (Å²) in [6, 6.07) is 1.74. The van der Waals surface area contributed by atoms with E-state index in [9.17, 15) is 14.0 Å². The van der Waals surface area contributed by atoms with E-state index in [1.165, 1.54) is 0 Å². The molecule has 0 spiro atoms. The molecule has 7 nitrogen and oxygen atoms in total. The van der Waals surface area contributed by atoms with Crippen molar-refractivity contribution in [3.05, 3.63) is 50.4 Å². The van der Waals surface area contributed by atoms with Crippen LogP contribution >= 0.6 is 0 Å². The van der Waals surface area contributed by atoms with Gasteiger partial charge in [0.2, 0.25) is 5.82 Å². The molecule has 0 unspecified atom stereocenters. The summed E-state index contributed by atoms with van der Waals surface area (Å²) in [5.41, 5.74) is -1.03. The van der Waals surface area contributed by atoms with Gasteiger partial charge in [-0.05, 0) is 6.92 Å². The van der Waals surface area contributed by atoms with E-state index in [0.717, 1.165) is 10.8 Å². The number of hydrogen-bond acceptors (Lipinski definition) is 5.